The van der Waals surface area contributed by atoms with E-state index in [4.69, 9.17) is 9.84 Å². The van der Waals surface area contributed by atoms with Crippen LogP contribution in [0.2, 0.25) is 0 Å². The summed E-state index contributed by atoms with van der Waals surface area (Å²) in [4.78, 5) is 24.7. The minimum atomic E-state index is -0.814. The number of hydrogen-bond acceptors (Lipinski definition) is 3. The van der Waals surface area contributed by atoms with Gasteiger partial charge in [-0.05, 0) is 31.2 Å². The fraction of sp³-hybridized carbons (Fsp3) is 0.467. The summed E-state index contributed by atoms with van der Waals surface area (Å²) < 4.78 is 6.55. The minimum absolute atomic E-state index is 0.0336. The third-order valence-corrected chi connectivity index (χ3v) is 4.32. The molecule has 0 aromatic heterocycles. The monoisotopic (exact) mass is 355 g/mol. The standard InChI is InChI=1S/C15H18BrNO4/c1-9(15(19)20)11-7-17(8-11)14(18)10(2)21-13-5-3-12(16)4-6-13/h3-6,9-11H,7-8H2,1-2H3,(H,19,20). The Morgan fingerprint density at radius 1 is 1.29 bits per heavy atom. The average molecular weight is 356 g/mol. The van der Waals surface area contributed by atoms with Gasteiger partial charge in [-0.3, -0.25) is 9.59 Å². The summed E-state index contributed by atoms with van der Waals surface area (Å²) in [5.41, 5.74) is 0. The molecule has 1 aliphatic rings. The number of carboxylic acid groups (broad SMARTS) is 1. The number of aliphatic carboxylic acids is 1. The molecule has 0 aliphatic carbocycles. The number of ether oxygens (including phenoxy) is 1. The lowest BCUT2D eigenvalue weighted by molar-refractivity contribution is -0.153. The summed E-state index contributed by atoms with van der Waals surface area (Å²) >= 11 is 3.34. The van der Waals surface area contributed by atoms with Gasteiger partial charge in [-0.15, -0.1) is 0 Å². The number of likely N-dealkylation sites (tertiary alicyclic amines) is 1. The number of amides is 1. The van der Waals surface area contributed by atoms with Gasteiger partial charge in [0, 0.05) is 23.5 Å². The molecule has 0 saturated carbocycles. The van der Waals surface area contributed by atoms with Crippen molar-refractivity contribution in [2.45, 2.75) is 20.0 Å². The first kappa shape index (κ1) is 15.8. The number of carbonyl (C=O) groups excluding carboxylic acids is 1. The van der Waals surface area contributed by atoms with E-state index in [2.05, 4.69) is 15.9 Å². The van der Waals surface area contributed by atoms with E-state index in [1.54, 1.807) is 30.9 Å². The Balaban J connectivity index is 1.84. The molecule has 1 aliphatic heterocycles. The maximum Gasteiger partial charge on any atom is 0.306 e. The van der Waals surface area contributed by atoms with Crippen molar-refractivity contribution in [1.82, 2.24) is 4.90 Å². The molecule has 2 atom stereocenters. The van der Waals surface area contributed by atoms with E-state index < -0.39 is 18.0 Å². The van der Waals surface area contributed by atoms with Crippen LogP contribution in [-0.4, -0.2) is 41.1 Å². The van der Waals surface area contributed by atoms with Gasteiger partial charge in [0.05, 0.1) is 5.92 Å². The predicted molar refractivity (Wildman–Crippen MR) is 81.1 cm³/mol. The van der Waals surface area contributed by atoms with Crippen LogP contribution in [-0.2, 0) is 9.59 Å². The summed E-state index contributed by atoms with van der Waals surface area (Å²) in [5, 5.41) is 8.94. The Bertz CT molecular complexity index is 525. The molecule has 5 nitrogen and oxygen atoms in total. The van der Waals surface area contributed by atoms with Gasteiger partial charge in [-0.2, -0.15) is 0 Å². The summed E-state index contributed by atoms with van der Waals surface area (Å²) in [5.74, 6) is -0.670. The van der Waals surface area contributed by atoms with Crippen molar-refractivity contribution in [3.8, 4) is 5.75 Å². The maximum atomic E-state index is 12.2. The largest absolute Gasteiger partial charge is 0.481 e. The normalized spacial score (nSPS) is 17.8. The van der Waals surface area contributed by atoms with Crippen molar-refractivity contribution in [3.63, 3.8) is 0 Å². The van der Waals surface area contributed by atoms with Crippen molar-refractivity contribution in [2.75, 3.05) is 13.1 Å². The van der Waals surface area contributed by atoms with Crippen molar-refractivity contribution in [1.29, 1.82) is 0 Å². The smallest absolute Gasteiger partial charge is 0.306 e. The molecule has 1 N–H and O–H groups in total. The van der Waals surface area contributed by atoms with Crippen molar-refractivity contribution in [2.24, 2.45) is 11.8 Å². The van der Waals surface area contributed by atoms with Crippen LogP contribution in [0.3, 0.4) is 0 Å². The molecule has 6 heteroatoms. The third-order valence-electron chi connectivity index (χ3n) is 3.79. The lowest BCUT2D eigenvalue weighted by Gasteiger charge is -2.42. The molecule has 1 amide bonds. The Morgan fingerprint density at radius 3 is 2.38 bits per heavy atom. The van der Waals surface area contributed by atoms with Crippen LogP contribution in [0, 0.1) is 11.8 Å². The summed E-state index contributed by atoms with van der Waals surface area (Å²) in [6.45, 7) is 4.36. The lowest BCUT2D eigenvalue weighted by atomic mass is 9.87. The van der Waals surface area contributed by atoms with Crippen LogP contribution in [0.5, 0.6) is 5.75 Å². The highest BCUT2D eigenvalue weighted by atomic mass is 79.9. The van der Waals surface area contributed by atoms with E-state index in [9.17, 15) is 9.59 Å². The maximum absolute atomic E-state index is 12.2. The van der Waals surface area contributed by atoms with Gasteiger partial charge in [-0.25, -0.2) is 0 Å². The summed E-state index contributed by atoms with van der Waals surface area (Å²) in [6, 6.07) is 7.28. The summed E-state index contributed by atoms with van der Waals surface area (Å²) in [6.07, 6.45) is -0.577. The molecular weight excluding hydrogens is 338 g/mol. The molecule has 0 spiro atoms. The highest BCUT2D eigenvalue weighted by Gasteiger charge is 2.38. The number of carbonyl (C=O) groups is 2. The van der Waals surface area contributed by atoms with Gasteiger partial charge >= 0.3 is 5.97 Å². The quantitative estimate of drug-likeness (QED) is 0.880. The van der Waals surface area contributed by atoms with Crippen LogP contribution in [0.15, 0.2) is 28.7 Å². The molecule has 1 heterocycles. The zero-order valence-corrected chi connectivity index (χ0v) is 13.5. The van der Waals surface area contributed by atoms with Gasteiger partial charge in [-0.1, -0.05) is 22.9 Å². The zero-order valence-electron chi connectivity index (χ0n) is 12.0. The van der Waals surface area contributed by atoms with Crippen molar-refractivity contribution < 1.29 is 19.4 Å². The van der Waals surface area contributed by atoms with Gasteiger partial charge < -0.3 is 14.7 Å². The molecule has 1 saturated heterocycles. The van der Waals surface area contributed by atoms with Crippen molar-refractivity contribution in [3.05, 3.63) is 28.7 Å². The Hall–Kier alpha value is -1.56. The van der Waals surface area contributed by atoms with Crippen LogP contribution in [0.1, 0.15) is 13.8 Å². The summed E-state index contributed by atoms with van der Waals surface area (Å²) in [7, 11) is 0. The first-order valence-corrected chi connectivity index (χ1v) is 7.61. The van der Waals surface area contributed by atoms with Crippen LogP contribution < -0.4 is 4.74 Å². The first-order valence-electron chi connectivity index (χ1n) is 6.82. The molecule has 1 aromatic carbocycles. The molecule has 2 unspecified atom stereocenters. The Morgan fingerprint density at radius 2 is 1.86 bits per heavy atom. The van der Waals surface area contributed by atoms with E-state index in [-0.39, 0.29) is 11.8 Å². The van der Waals surface area contributed by atoms with Gasteiger partial charge in [0.2, 0.25) is 0 Å². The second-order valence-electron chi connectivity index (χ2n) is 5.34. The molecule has 1 fully saturated rings. The second-order valence-corrected chi connectivity index (χ2v) is 6.26. The number of rotatable bonds is 5. The molecule has 2 rings (SSSR count). The van der Waals surface area contributed by atoms with E-state index in [0.29, 0.717) is 18.8 Å². The van der Waals surface area contributed by atoms with Crippen molar-refractivity contribution >= 4 is 27.8 Å². The van der Waals surface area contributed by atoms with E-state index in [1.165, 1.54) is 0 Å². The Kier molecular flexibility index (Phi) is 4.88. The molecule has 1 aromatic rings. The average Bonchev–Trinajstić information content (AvgIpc) is 2.39. The second kappa shape index (κ2) is 6.47. The van der Waals surface area contributed by atoms with Crippen LogP contribution >= 0.6 is 15.9 Å². The molecule has 21 heavy (non-hydrogen) atoms. The van der Waals surface area contributed by atoms with Crippen LogP contribution in [0.25, 0.3) is 0 Å². The first-order chi connectivity index (χ1) is 9.88. The number of carboxylic acids is 1. The van der Waals surface area contributed by atoms with Gasteiger partial charge in [0.25, 0.3) is 5.91 Å². The van der Waals surface area contributed by atoms with Gasteiger partial charge in [0.15, 0.2) is 6.10 Å². The van der Waals surface area contributed by atoms with E-state index in [1.807, 2.05) is 12.1 Å². The number of nitrogens with zero attached hydrogens (tertiary/aromatic N) is 1. The highest BCUT2D eigenvalue weighted by Crippen LogP contribution is 2.25. The molecule has 114 valence electrons. The van der Waals surface area contributed by atoms with E-state index >= 15 is 0 Å². The zero-order chi connectivity index (χ0) is 15.6. The fourth-order valence-electron chi connectivity index (χ4n) is 2.24. The minimum Gasteiger partial charge on any atom is -0.481 e. The van der Waals surface area contributed by atoms with Crippen LogP contribution in [0.4, 0.5) is 0 Å². The fourth-order valence-corrected chi connectivity index (χ4v) is 2.50. The highest BCUT2D eigenvalue weighted by molar-refractivity contribution is 9.10. The number of halogens is 1. The third kappa shape index (κ3) is 3.75. The molecule has 0 radical (unpaired) electrons. The SMILES string of the molecule is CC(Oc1ccc(Br)cc1)C(=O)N1CC(C(C)C(=O)O)C1. The predicted octanol–water partition coefficient (Wildman–Crippen LogP) is 2.40. The molecule has 0 bridgehead atoms. The number of benzene rings is 1. The Labute approximate surface area is 132 Å². The topological polar surface area (TPSA) is 66.8 Å². The van der Waals surface area contributed by atoms with Gasteiger partial charge in [0.1, 0.15) is 5.75 Å². The lowest BCUT2D eigenvalue weighted by Crippen LogP contribution is -2.56. The molecular formula is C15H18BrNO4. The van der Waals surface area contributed by atoms with E-state index in [0.717, 1.165) is 4.47 Å². The number of hydrogen-bond donors (Lipinski definition) is 1.